The van der Waals surface area contributed by atoms with E-state index in [1.165, 1.54) is 5.56 Å². The second-order valence-electron chi connectivity index (χ2n) is 10.1. The van der Waals surface area contributed by atoms with Gasteiger partial charge in [0.1, 0.15) is 17.6 Å². The molecule has 0 saturated heterocycles. The highest BCUT2D eigenvalue weighted by Gasteiger charge is 2.55. The Bertz CT molecular complexity index is 941. The van der Waals surface area contributed by atoms with Crippen molar-refractivity contribution in [2.45, 2.75) is 83.2 Å². The van der Waals surface area contributed by atoms with E-state index in [0.29, 0.717) is 36.7 Å². The van der Waals surface area contributed by atoms with E-state index in [0.717, 1.165) is 19.3 Å². The number of esters is 1. The average Bonchev–Trinajstić information content (AvgIpc) is 3.34. The van der Waals surface area contributed by atoms with Crippen molar-refractivity contribution in [2.75, 3.05) is 0 Å². The third kappa shape index (κ3) is 3.86. The third-order valence-corrected chi connectivity index (χ3v) is 7.70. The Hall–Kier alpha value is -2.36. The molecular weight excluding hydrogens is 388 g/mol. The van der Waals surface area contributed by atoms with Crippen LogP contribution in [0.3, 0.4) is 0 Å². The van der Waals surface area contributed by atoms with Gasteiger partial charge in [0.25, 0.3) is 0 Å². The second kappa shape index (κ2) is 8.29. The Labute approximate surface area is 185 Å². The number of furan rings is 1. The molecule has 1 heterocycles. The molecule has 4 rings (SSSR count). The zero-order chi connectivity index (χ0) is 22.2. The summed E-state index contributed by atoms with van der Waals surface area (Å²) in [5.74, 6) is 1.34. The van der Waals surface area contributed by atoms with E-state index < -0.39 is 11.4 Å². The van der Waals surface area contributed by atoms with Crippen molar-refractivity contribution in [3.63, 3.8) is 0 Å². The maximum absolute atomic E-state index is 13.7. The summed E-state index contributed by atoms with van der Waals surface area (Å²) in [5, 5.41) is 0. The van der Waals surface area contributed by atoms with Gasteiger partial charge >= 0.3 is 5.97 Å². The molecule has 4 atom stereocenters. The number of rotatable bonds is 5. The molecule has 166 valence electrons. The molecule has 2 aliphatic rings. The van der Waals surface area contributed by atoms with Crippen LogP contribution in [0.5, 0.6) is 0 Å². The van der Waals surface area contributed by atoms with E-state index in [2.05, 4.69) is 45.0 Å². The van der Waals surface area contributed by atoms with E-state index in [9.17, 15) is 9.59 Å². The van der Waals surface area contributed by atoms with Gasteiger partial charge in [-0.2, -0.15) is 0 Å². The van der Waals surface area contributed by atoms with Crippen LogP contribution in [0.4, 0.5) is 0 Å². The summed E-state index contributed by atoms with van der Waals surface area (Å²) in [4.78, 5) is 26.7. The molecule has 2 aliphatic carbocycles. The number of carbonyl (C=O) groups excluding carboxylic acids is 2. The standard InChI is InChI=1S/C27H34O4/c1-18-12-14-21(26(3,4)20-9-6-5-7-10-20)22(17-18)31-25(29)27(16-8-11-23(27)28)24-15-13-19(2)30-24/h5-7,9-10,13,15,18,21-22H,8,11-12,14,16-17H2,1-4H3/t18-,21-,22-,27?/m1/s1. The number of Topliss-reactive ketones (excluding diaryl/α,β-unsaturated/α-hetero) is 1. The molecule has 1 unspecified atom stereocenters. The van der Waals surface area contributed by atoms with Gasteiger partial charge in [-0.15, -0.1) is 0 Å². The van der Waals surface area contributed by atoms with Gasteiger partial charge in [0.15, 0.2) is 11.2 Å². The molecule has 0 spiro atoms. The van der Waals surface area contributed by atoms with Crippen molar-refractivity contribution >= 4 is 11.8 Å². The van der Waals surface area contributed by atoms with Gasteiger partial charge in [-0.3, -0.25) is 9.59 Å². The number of hydrogen-bond donors (Lipinski definition) is 0. The number of carbonyl (C=O) groups is 2. The number of hydrogen-bond acceptors (Lipinski definition) is 4. The molecule has 2 saturated carbocycles. The van der Waals surface area contributed by atoms with Gasteiger partial charge in [-0.1, -0.05) is 57.5 Å². The summed E-state index contributed by atoms with van der Waals surface area (Å²) in [6, 6.07) is 14.1. The van der Waals surface area contributed by atoms with Crippen LogP contribution < -0.4 is 0 Å². The maximum Gasteiger partial charge on any atom is 0.327 e. The fourth-order valence-corrected chi connectivity index (χ4v) is 5.71. The normalized spacial score (nSPS) is 29.2. The first kappa shape index (κ1) is 21.9. The van der Waals surface area contributed by atoms with Crippen LogP contribution in [0.15, 0.2) is 46.9 Å². The molecule has 1 aromatic heterocycles. The van der Waals surface area contributed by atoms with E-state index in [4.69, 9.17) is 9.15 Å². The van der Waals surface area contributed by atoms with Gasteiger partial charge in [0.2, 0.25) is 0 Å². The SMILES string of the molecule is Cc1ccc(C2(C(=O)O[C@@H]3C[C@H](C)CC[C@H]3C(C)(C)c3ccccc3)CCCC2=O)o1. The number of ketones is 1. The van der Waals surface area contributed by atoms with Crippen molar-refractivity contribution in [2.24, 2.45) is 11.8 Å². The zero-order valence-electron chi connectivity index (χ0n) is 19.1. The highest BCUT2D eigenvalue weighted by atomic mass is 16.5. The largest absolute Gasteiger partial charge is 0.465 e. The smallest absolute Gasteiger partial charge is 0.327 e. The highest BCUT2D eigenvalue weighted by molar-refractivity contribution is 6.10. The first-order chi connectivity index (χ1) is 14.7. The Balaban J connectivity index is 1.65. The molecule has 0 amide bonds. The van der Waals surface area contributed by atoms with Crippen molar-refractivity contribution in [3.05, 3.63) is 59.5 Å². The van der Waals surface area contributed by atoms with Gasteiger partial charge in [0, 0.05) is 12.3 Å². The molecule has 31 heavy (non-hydrogen) atoms. The lowest BCUT2D eigenvalue weighted by atomic mass is 9.64. The van der Waals surface area contributed by atoms with Gasteiger partial charge < -0.3 is 9.15 Å². The number of aryl methyl sites for hydroxylation is 1. The average molecular weight is 423 g/mol. The molecule has 0 radical (unpaired) electrons. The summed E-state index contributed by atoms with van der Waals surface area (Å²) in [5.41, 5.74) is -0.166. The highest BCUT2D eigenvalue weighted by Crippen LogP contribution is 2.46. The molecule has 4 nitrogen and oxygen atoms in total. The zero-order valence-corrected chi connectivity index (χ0v) is 19.1. The van der Waals surface area contributed by atoms with E-state index in [1.807, 2.05) is 19.1 Å². The van der Waals surface area contributed by atoms with Crippen molar-refractivity contribution in [1.29, 1.82) is 0 Å². The lowest BCUT2D eigenvalue weighted by molar-refractivity contribution is -0.166. The third-order valence-electron chi connectivity index (χ3n) is 7.70. The maximum atomic E-state index is 13.7. The summed E-state index contributed by atoms with van der Waals surface area (Å²) >= 11 is 0. The summed E-state index contributed by atoms with van der Waals surface area (Å²) < 4.78 is 12.1. The minimum absolute atomic E-state index is 0.0745. The lowest BCUT2D eigenvalue weighted by Crippen LogP contribution is -2.48. The fraction of sp³-hybridized carbons (Fsp3) is 0.556. The van der Waals surface area contributed by atoms with Crippen LogP contribution in [-0.4, -0.2) is 17.9 Å². The lowest BCUT2D eigenvalue weighted by Gasteiger charge is -2.44. The Morgan fingerprint density at radius 3 is 2.48 bits per heavy atom. The quantitative estimate of drug-likeness (QED) is 0.444. The predicted molar refractivity (Wildman–Crippen MR) is 120 cm³/mol. The van der Waals surface area contributed by atoms with Crippen molar-refractivity contribution in [1.82, 2.24) is 0 Å². The number of benzene rings is 1. The topological polar surface area (TPSA) is 56.5 Å². The molecule has 2 fully saturated rings. The first-order valence-corrected chi connectivity index (χ1v) is 11.6. The van der Waals surface area contributed by atoms with Crippen LogP contribution in [0.2, 0.25) is 0 Å². The molecule has 0 bridgehead atoms. The van der Waals surface area contributed by atoms with Crippen molar-refractivity contribution in [3.8, 4) is 0 Å². The first-order valence-electron chi connectivity index (χ1n) is 11.6. The summed E-state index contributed by atoms with van der Waals surface area (Å²) in [6.45, 7) is 8.55. The molecule has 1 aromatic carbocycles. The van der Waals surface area contributed by atoms with Crippen molar-refractivity contribution < 1.29 is 18.7 Å². The Kier molecular flexibility index (Phi) is 5.85. The molecule has 2 aromatic rings. The van der Waals surface area contributed by atoms with Gasteiger partial charge in [0.05, 0.1) is 0 Å². The van der Waals surface area contributed by atoms with Crippen LogP contribution in [0.25, 0.3) is 0 Å². The van der Waals surface area contributed by atoms with E-state index in [1.54, 1.807) is 6.07 Å². The Morgan fingerprint density at radius 1 is 1.13 bits per heavy atom. The van der Waals surface area contributed by atoms with Crippen LogP contribution >= 0.6 is 0 Å². The van der Waals surface area contributed by atoms with Crippen LogP contribution in [-0.2, 0) is 25.2 Å². The van der Waals surface area contributed by atoms with E-state index >= 15 is 0 Å². The van der Waals surface area contributed by atoms with Gasteiger partial charge in [-0.25, -0.2) is 0 Å². The second-order valence-corrected chi connectivity index (χ2v) is 10.1. The molecule has 4 heteroatoms. The van der Waals surface area contributed by atoms with E-state index in [-0.39, 0.29) is 23.2 Å². The Morgan fingerprint density at radius 2 is 1.87 bits per heavy atom. The monoisotopic (exact) mass is 422 g/mol. The fourth-order valence-electron chi connectivity index (χ4n) is 5.71. The molecule has 0 aliphatic heterocycles. The molecular formula is C27H34O4. The van der Waals surface area contributed by atoms with Crippen LogP contribution in [0, 0.1) is 18.8 Å². The number of ether oxygens (including phenoxy) is 1. The predicted octanol–water partition coefficient (Wildman–Crippen LogP) is 5.90. The summed E-state index contributed by atoms with van der Waals surface area (Å²) in [6.07, 6.45) is 4.29. The summed E-state index contributed by atoms with van der Waals surface area (Å²) in [7, 11) is 0. The molecule has 0 N–H and O–H groups in total. The van der Waals surface area contributed by atoms with Crippen LogP contribution in [0.1, 0.15) is 76.4 Å². The minimum Gasteiger partial charge on any atom is -0.465 e. The van der Waals surface area contributed by atoms with Gasteiger partial charge in [-0.05, 0) is 61.6 Å². The minimum atomic E-state index is -1.28.